The van der Waals surface area contributed by atoms with Gasteiger partial charge < -0.3 is 11.5 Å². The summed E-state index contributed by atoms with van der Waals surface area (Å²) in [5.41, 5.74) is 12.4. The second-order valence-electron chi connectivity index (χ2n) is 3.18. The van der Waals surface area contributed by atoms with Gasteiger partial charge in [-0.2, -0.15) is 0 Å². The zero-order chi connectivity index (χ0) is 9.84. The summed E-state index contributed by atoms with van der Waals surface area (Å²) in [5, 5.41) is 0. The second-order valence-corrected chi connectivity index (χ2v) is 3.18. The zero-order valence-corrected chi connectivity index (χ0v) is 7.76. The van der Waals surface area contributed by atoms with E-state index in [1.54, 1.807) is 6.07 Å². The average molecular weight is 182 g/mol. The van der Waals surface area contributed by atoms with Crippen LogP contribution in [0.5, 0.6) is 0 Å². The molecule has 1 rings (SSSR count). The first-order chi connectivity index (χ1) is 6.15. The third kappa shape index (κ3) is 2.42. The highest BCUT2D eigenvalue weighted by Crippen LogP contribution is 2.21. The van der Waals surface area contributed by atoms with Crippen molar-refractivity contribution in [3.05, 3.63) is 29.6 Å². The maximum absolute atomic E-state index is 13.2. The van der Waals surface area contributed by atoms with Crippen LogP contribution in [0.2, 0.25) is 0 Å². The molecule has 0 saturated carbocycles. The van der Waals surface area contributed by atoms with Crippen molar-refractivity contribution in [3.8, 4) is 0 Å². The summed E-state index contributed by atoms with van der Waals surface area (Å²) in [5.74, 6) is -0.268. The third-order valence-electron chi connectivity index (χ3n) is 2.02. The molecular weight excluding hydrogens is 167 g/mol. The lowest BCUT2D eigenvalue weighted by Gasteiger charge is -2.12. The van der Waals surface area contributed by atoms with Gasteiger partial charge in [0.1, 0.15) is 5.82 Å². The van der Waals surface area contributed by atoms with Gasteiger partial charge in [-0.25, -0.2) is 4.39 Å². The van der Waals surface area contributed by atoms with Gasteiger partial charge in [-0.05, 0) is 24.6 Å². The van der Waals surface area contributed by atoms with Crippen molar-refractivity contribution in [2.24, 2.45) is 5.73 Å². The van der Waals surface area contributed by atoms with Crippen LogP contribution in [0.25, 0.3) is 0 Å². The van der Waals surface area contributed by atoms with Gasteiger partial charge in [0.15, 0.2) is 0 Å². The minimum atomic E-state index is -0.268. The molecule has 0 aliphatic heterocycles. The van der Waals surface area contributed by atoms with E-state index in [1.807, 2.05) is 6.92 Å². The molecule has 0 saturated heterocycles. The quantitative estimate of drug-likeness (QED) is 0.704. The van der Waals surface area contributed by atoms with Gasteiger partial charge in [0, 0.05) is 17.3 Å². The number of rotatable bonds is 3. The van der Waals surface area contributed by atoms with Gasteiger partial charge in [0.05, 0.1) is 0 Å². The van der Waals surface area contributed by atoms with Gasteiger partial charge in [0.25, 0.3) is 0 Å². The van der Waals surface area contributed by atoms with E-state index < -0.39 is 0 Å². The van der Waals surface area contributed by atoms with Crippen LogP contribution < -0.4 is 11.5 Å². The fraction of sp³-hybridized carbons (Fsp3) is 0.400. The molecule has 0 aromatic heterocycles. The van der Waals surface area contributed by atoms with Crippen molar-refractivity contribution in [1.29, 1.82) is 0 Å². The fourth-order valence-electron chi connectivity index (χ4n) is 1.31. The van der Waals surface area contributed by atoms with Crippen molar-refractivity contribution in [1.82, 2.24) is 0 Å². The Labute approximate surface area is 77.7 Å². The molecule has 1 atom stereocenters. The summed E-state index contributed by atoms with van der Waals surface area (Å²) in [7, 11) is 0. The standard InChI is InChI=1S/C10H15FN2/c1-2-3-10(13)8-6-7(12)4-5-9(8)11/h4-6,10H,2-3,12-13H2,1H3. The van der Waals surface area contributed by atoms with Crippen LogP contribution in [0.1, 0.15) is 31.4 Å². The summed E-state index contributed by atoms with van der Waals surface area (Å²) in [6.45, 7) is 2.02. The first-order valence-corrected chi connectivity index (χ1v) is 4.45. The van der Waals surface area contributed by atoms with Gasteiger partial charge in [-0.1, -0.05) is 13.3 Å². The predicted octanol–water partition coefficient (Wildman–Crippen LogP) is 2.21. The Kier molecular flexibility index (Phi) is 3.25. The Morgan fingerprint density at radius 3 is 2.77 bits per heavy atom. The van der Waals surface area contributed by atoms with Gasteiger partial charge in [0.2, 0.25) is 0 Å². The minimum Gasteiger partial charge on any atom is -0.399 e. The molecule has 4 N–H and O–H groups in total. The lowest BCUT2D eigenvalue weighted by molar-refractivity contribution is 0.560. The number of anilines is 1. The number of benzene rings is 1. The highest BCUT2D eigenvalue weighted by Gasteiger charge is 2.10. The number of nitrogens with two attached hydrogens (primary N) is 2. The molecule has 0 bridgehead atoms. The summed E-state index contributed by atoms with van der Waals surface area (Å²) in [4.78, 5) is 0. The third-order valence-corrected chi connectivity index (χ3v) is 2.02. The van der Waals surface area contributed by atoms with Gasteiger partial charge in [-0.15, -0.1) is 0 Å². The number of halogens is 1. The molecule has 1 aromatic rings. The SMILES string of the molecule is CCCC(N)c1cc(N)ccc1F. The van der Waals surface area contributed by atoms with Crippen LogP contribution in [0.15, 0.2) is 18.2 Å². The smallest absolute Gasteiger partial charge is 0.128 e. The summed E-state index contributed by atoms with van der Waals surface area (Å²) >= 11 is 0. The van der Waals surface area contributed by atoms with E-state index in [-0.39, 0.29) is 11.9 Å². The van der Waals surface area contributed by atoms with E-state index >= 15 is 0 Å². The van der Waals surface area contributed by atoms with Crippen molar-refractivity contribution in [3.63, 3.8) is 0 Å². The molecule has 0 amide bonds. The molecule has 1 aromatic carbocycles. The zero-order valence-electron chi connectivity index (χ0n) is 7.76. The summed E-state index contributed by atoms with van der Waals surface area (Å²) in [6.07, 6.45) is 1.72. The van der Waals surface area contributed by atoms with E-state index in [9.17, 15) is 4.39 Å². The molecule has 3 heteroatoms. The van der Waals surface area contributed by atoms with Gasteiger partial charge in [-0.3, -0.25) is 0 Å². The first kappa shape index (κ1) is 9.99. The minimum absolute atomic E-state index is 0.242. The maximum Gasteiger partial charge on any atom is 0.128 e. The van der Waals surface area contributed by atoms with Crippen LogP contribution in [-0.2, 0) is 0 Å². The second kappa shape index (κ2) is 4.23. The largest absolute Gasteiger partial charge is 0.399 e. The lowest BCUT2D eigenvalue weighted by atomic mass is 10.0. The molecule has 1 unspecified atom stereocenters. The van der Waals surface area contributed by atoms with E-state index in [4.69, 9.17) is 11.5 Å². The number of hydrogen-bond acceptors (Lipinski definition) is 2. The molecule has 0 heterocycles. The van der Waals surface area contributed by atoms with Gasteiger partial charge >= 0.3 is 0 Å². The Balaban J connectivity index is 2.91. The molecule has 0 aliphatic rings. The molecule has 0 fully saturated rings. The van der Waals surface area contributed by atoms with E-state index in [0.717, 1.165) is 12.8 Å². The molecule has 0 radical (unpaired) electrons. The highest BCUT2D eigenvalue weighted by atomic mass is 19.1. The number of hydrogen-bond donors (Lipinski definition) is 2. The van der Waals surface area contributed by atoms with Crippen molar-refractivity contribution in [2.45, 2.75) is 25.8 Å². The Morgan fingerprint density at radius 2 is 2.15 bits per heavy atom. The van der Waals surface area contributed by atoms with Crippen LogP contribution >= 0.6 is 0 Å². The fourth-order valence-corrected chi connectivity index (χ4v) is 1.31. The molecule has 2 nitrogen and oxygen atoms in total. The lowest BCUT2D eigenvalue weighted by Crippen LogP contribution is -2.12. The predicted molar refractivity (Wildman–Crippen MR) is 52.6 cm³/mol. The molecule has 0 spiro atoms. The molecule has 0 aliphatic carbocycles. The number of nitrogen functional groups attached to an aromatic ring is 1. The Bertz CT molecular complexity index is 286. The van der Waals surface area contributed by atoms with E-state index in [1.165, 1.54) is 12.1 Å². The maximum atomic E-state index is 13.2. The van der Waals surface area contributed by atoms with Crippen molar-refractivity contribution >= 4 is 5.69 Å². The highest BCUT2D eigenvalue weighted by molar-refractivity contribution is 5.42. The Hall–Kier alpha value is -1.09. The Morgan fingerprint density at radius 1 is 1.46 bits per heavy atom. The topological polar surface area (TPSA) is 52.0 Å². The van der Waals surface area contributed by atoms with Crippen LogP contribution in [0, 0.1) is 5.82 Å². The molecule has 13 heavy (non-hydrogen) atoms. The molecular formula is C10H15FN2. The van der Waals surface area contributed by atoms with Crippen molar-refractivity contribution < 1.29 is 4.39 Å². The molecule has 72 valence electrons. The average Bonchev–Trinajstić information content (AvgIpc) is 2.09. The van der Waals surface area contributed by atoms with Crippen LogP contribution in [0.4, 0.5) is 10.1 Å². The van der Waals surface area contributed by atoms with E-state index in [2.05, 4.69) is 0 Å². The van der Waals surface area contributed by atoms with Crippen LogP contribution in [-0.4, -0.2) is 0 Å². The van der Waals surface area contributed by atoms with E-state index in [0.29, 0.717) is 11.3 Å². The van der Waals surface area contributed by atoms with Crippen LogP contribution in [0.3, 0.4) is 0 Å². The normalized spacial score (nSPS) is 12.8. The van der Waals surface area contributed by atoms with Crippen molar-refractivity contribution in [2.75, 3.05) is 5.73 Å². The monoisotopic (exact) mass is 182 g/mol. The summed E-state index contributed by atoms with van der Waals surface area (Å²) < 4.78 is 13.2. The summed E-state index contributed by atoms with van der Waals surface area (Å²) in [6, 6.07) is 4.27. The first-order valence-electron chi connectivity index (χ1n) is 4.45.